The van der Waals surface area contributed by atoms with Gasteiger partial charge < -0.3 is 9.80 Å². The summed E-state index contributed by atoms with van der Waals surface area (Å²) in [6, 6.07) is 14.6. The van der Waals surface area contributed by atoms with Crippen LogP contribution in [0.3, 0.4) is 0 Å². The van der Waals surface area contributed by atoms with E-state index in [1.807, 2.05) is 23.1 Å². The Hall–Kier alpha value is -1.88. The Morgan fingerprint density at radius 1 is 1.04 bits per heavy atom. The fraction of sp³-hybridized carbons (Fsp3) is 0.316. The summed E-state index contributed by atoms with van der Waals surface area (Å²) in [5, 5.41) is 0. The molecule has 0 aliphatic carbocycles. The second kappa shape index (κ2) is 7.79. The van der Waals surface area contributed by atoms with Gasteiger partial charge in [0.25, 0.3) is 0 Å². The van der Waals surface area contributed by atoms with E-state index < -0.39 is 0 Å². The average molecular weight is 391 g/mol. The summed E-state index contributed by atoms with van der Waals surface area (Å²) in [6.07, 6.45) is 1.30. The molecule has 1 saturated heterocycles. The molecule has 0 saturated carbocycles. The minimum absolute atomic E-state index is 0.203. The molecular formula is C19H20BrFN2O. The van der Waals surface area contributed by atoms with E-state index in [0.717, 1.165) is 29.7 Å². The topological polar surface area (TPSA) is 23.6 Å². The van der Waals surface area contributed by atoms with Crippen LogP contribution in [0.4, 0.5) is 10.1 Å². The zero-order valence-corrected chi connectivity index (χ0v) is 15.0. The van der Waals surface area contributed by atoms with Crippen LogP contribution in [0.15, 0.2) is 53.0 Å². The monoisotopic (exact) mass is 390 g/mol. The predicted molar refractivity (Wildman–Crippen MR) is 97.7 cm³/mol. The SMILES string of the molecule is O=C(CCc1cccc(Br)c1)N1CCN(c2ccc(F)cc2)CC1. The van der Waals surface area contributed by atoms with Crippen LogP contribution >= 0.6 is 15.9 Å². The van der Waals surface area contributed by atoms with Crippen molar-refractivity contribution in [1.82, 2.24) is 4.90 Å². The van der Waals surface area contributed by atoms with E-state index in [0.29, 0.717) is 19.5 Å². The number of anilines is 1. The predicted octanol–water partition coefficient (Wildman–Crippen LogP) is 3.87. The van der Waals surface area contributed by atoms with E-state index in [-0.39, 0.29) is 11.7 Å². The van der Waals surface area contributed by atoms with Crippen LogP contribution in [0.25, 0.3) is 0 Å². The molecule has 3 nitrogen and oxygen atoms in total. The maximum absolute atomic E-state index is 13.0. The van der Waals surface area contributed by atoms with E-state index in [2.05, 4.69) is 26.9 Å². The number of rotatable bonds is 4. The number of amides is 1. The van der Waals surface area contributed by atoms with Gasteiger partial charge in [0, 0.05) is 42.8 Å². The molecule has 2 aromatic rings. The molecule has 2 aromatic carbocycles. The molecule has 1 fully saturated rings. The number of piperazine rings is 1. The fourth-order valence-corrected chi connectivity index (χ4v) is 3.41. The number of carbonyl (C=O) groups excluding carboxylic acids is 1. The highest BCUT2D eigenvalue weighted by atomic mass is 79.9. The fourth-order valence-electron chi connectivity index (χ4n) is 2.97. The minimum Gasteiger partial charge on any atom is -0.368 e. The van der Waals surface area contributed by atoms with Gasteiger partial charge in [-0.15, -0.1) is 0 Å². The van der Waals surface area contributed by atoms with Crippen molar-refractivity contribution in [2.45, 2.75) is 12.8 Å². The van der Waals surface area contributed by atoms with Gasteiger partial charge in [0.05, 0.1) is 0 Å². The van der Waals surface area contributed by atoms with Crippen molar-refractivity contribution >= 4 is 27.5 Å². The molecule has 1 amide bonds. The Morgan fingerprint density at radius 2 is 1.75 bits per heavy atom. The molecule has 0 spiro atoms. The molecule has 0 radical (unpaired) electrons. The molecule has 1 aliphatic rings. The first-order valence-electron chi connectivity index (χ1n) is 8.14. The summed E-state index contributed by atoms with van der Waals surface area (Å²) in [5.74, 6) is -0.0196. The molecule has 0 aromatic heterocycles. The van der Waals surface area contributed by atoms with E-state index in [9.17, 15) is 9.18 Å². The molecule has 5 heteroatoms. The van der Waals surface area contributed by atoms with Gasteiger partial charge in [-0.3, -0.25) is 4.79 Å². The van der Waals surface area contributed by atoms with Gasteiger partial charge >= 0.3 is 0 Å². The first kappa shape index (κ1) is 17.0. The summed E-state index contributed by atoms with van der Waals surface area (Å²) in [5.41, 5.74) is 2.18. The van der Waals surface area contributed by atoms with Gasteiger partial charge in [0.2, 0.25) is 5.91 Å². The van der Waals surface area contributed by atoms with Crippen molar-refractivity contribution in [2.75, 3.05) is 31.1 Å². The molecule has 0 bridgehead atoms. The maximum Gasteiger partial charge on any atom is 0.223 e. The van der Waals surface area contributed by atoms with Crippen LogP contribution < -0.4 is 4.90 Å². The van der Waals surface area contributed by atoms with E-state index in [4.69, 9.17) is 0 Å². The van der Waals surface area contributed by atoms with Crippen molar-refractivity contribution in [3.05, 3.63) is 64.4 Å². The first-order valence-corrected chi connectivity index (χ1v) is 8.94. The number of halogens is 2. The van der Waals surface area contributed by atoms with Gasteiger partial charge in [-0.25, -0.2) is 4.39 Å². The molecular weight excluding hydrogens is 371 g/mol. The lowest BCUT2D eigenvalue weighted by Gasteiger charge is -2.36. The summed E-state index contributed by atoms with van der Waals surface area (Å²) in [6.45, 7) is 3.01. The summed E-state index contributed by atoms with van der Waals surface area (Å²) in [4.78, 5) is 16.5. The van der Waals surface area contributed by atoms with Crippen molar-refractivity contribution in [3.8, 4) is 0 Å². The second-order valence-electron chi connectivity index (χ2n) is 5.97. The molecule has 1 heterocycles. The Labute approximate surface area is 150 Å². The Morgan fingerprint density at radius 3 is 2.42 bits per heavy atom. The van der Waals surface area contributed by atoms with Crippen LogP contribution in [-0.4, -0.2) is 37.0 Å². The highest BCUT2D eigenvalue weighted by molar-refractivity contribution is 9.10. The lowest BCUT2D eigenvalue weighted by Crippen LogP contribution is -2.48. The van der Waals surface area contributed by atoms with Crippen LogP contribution in [0.5, 0.6) is 0 Å². The van der Waals surface area contributed by atoms with Gasteiger partial charge in [0.1, 0.15) is 5.82 Å². The highest BCUT2D eigenvalue weighted by Gasteiger charge is 2.21. The number of aryl methyl sites for hydroxylation is 1. The Kier molecular flexibility index (Phi) is 5.51. The Balaban J connectivity index is 1.49. The number of nitrogens with zero attached hydrogens (tertiary/aromatic N) is 2. The number of benzene rings is 2. The average Bonchev–Trinajstić information content (AvgIpc) is 2.61. The number of hydrogen-bond donors (Lipinski definition) is 0. The van der Waals surface area contributed by atoms with Crippen LogP contribution in [0.2, 0.25) is 0 Å². The summed E-state index contributed by atoms with van der Waals surface area (Å²) < 4.78 is 14.0. The summed E-state index contributed by atoms with van der Waals surface area (Å²) >= 11 is 3.45. The normalized spacial score (nSPS) is 14.8. The third-order valence-electron chi connectivity index (χ3n) is 4.34. The van der Waals surface area contributed by atoms with Crippen LogP contribution in [0, 0.1) is 5.82 Å². The Bertz CT molecular complexity index is 697. The zero-order valence-electron chi connectivity index (χ0n) is 13.4. The highest BCUT2D eigenvalue weighted by Crippen LogP contribution is 2.18. The second-order valence-corrected chi connectivity index (χ2v) is 6.89. The quantitative estimate of drug-likeness (QED) is 0.790. The smallest absolute Gasteiger partial charge is 0.223 e. The van der Waals surface area contributed by atoms with Gasteiger partial charge in [-0.05, 0) is 48.4 Å². The molecule has 1 aliphatic heterocycles. The zero-order chi connectivity index (χ0) is 16.9. The molecule has 24 heavy (non-hydrogen) atoms. The van der Waals surface area contributed by atoms with Crippen molar-refractivity contribution in [2.24, 2.45) is 0 Å². The van der Waals surface area contributed by atoms with Crippen LogP contribution in [0.1, 0.15) is 12.0 Å². The van der Waals surface area contributed by atoms with E-state index >= 15 is 0 Å². The van der Waals surface area contributed by atoms with Crippen molar-refractivity contribution in [1.29, 1.82) is 0 Å². The van der Waals surface area contributed by atoms with Gasteiger partial charge in [-0.2, -0.15) is 0 Å². The first-order chi connectivity index (χ1) is 11.6. The number of carbonyl (C=O) groups is 1. The van der Waals surface area contributed by atoms with Crippen LogP contribution in [-0.2, 0) is 11.2 Å². The van der Waals surface area contributed by atoms with Crippen molar-refractivity contribution in [3.63, 3.8) is 0 Å². The minimum atomic E-state index is -0.222. The number of hydrogen-bond acceptors (Lipinski definition) is 2. The van der Waals surface area contributed by atoms with Gasteiger partial charge in [-0.1, -0.05) is 28.1 Å². The standard InChI is InChI=1S/C19H20BrFN2O/c20-16-3-1-2-15(14-16)4-9-19(24)23-12-10-22(11-13-23)18-7-5-17(21)6-8-18/h1-3,5-8,14H,4,9-13H2. The third kappa shape index (κ3) is 4.35. The van der Waals surface area contributed by atoms with E-state index in [1.54, 1.807) is 12.1 Å². The molecule has 0 unspecified atom stereocenters. The van der Waals surface area contributed by atoms with E-state index in [1.165, 1.54) is 17.7 Å². The van der Waals surface area contributed by atoms with Crippen molar-refractivity contribution < 1.29 is 9.18 Å². The van der Waals surface area contributed by atoms with Gasteiger partial charge in [0.15, 0.2) is 0 Å². The summed E-state index contributed by atoms with van der Waals surface area (Å²) in [7, 11) is 0. The molecule has 3 rings (SSSR count). The molecule has 0 atom stereocenters. The molecule has 0 N–H and O–H groups in total. The third-order valence-corrected chi connectivity index (χ3v) is 4.83. The largest absolute Gasteiger partial charge is 0.368 e. The maximum atomic E-state index is 13.0. The lowest BCUT2D eigenvalue weighted by molar-refractivity contribution is -0.131. The molecule has 126 valence electrons. The lowest BCUT2D eigenvalue weighted by atomic mass is 10.1.